The Bertz CT molecular complexity index is 579. The SMILES string of the molecule is CC(NCc1ccc(C(F)(F)F)cn1)c1ccc(F)cn1. The monoisotopic (exact) mass is 299 g/mol. The summed E-state index contributed by atoms with van der Waals surface area (Å²) in [6, 6.07) is 4.99. The van der Waals surface area contributed by atoms with Gasteiger partial charge in [0.1, 0.15) is 5.82 Å². The fourth-order valence-corrected chi connectivity index (χ4v) is 1.70. The van der Waals surface area contributed by atoms with Crippen molar-refractivity contribution in [1.82, 2.24) is 15.3 Å². The van der Waals surface area contributed by atoms with Crippen molar-refractivity contribution in [2.45, 2.75) is 25.7 Å². The summed E-state index contributed by atoms with van der Waals surface area (Å²) in [5, 5.41) is 3.06. The van der Waals surface area contributed by atoms with Gasteiger partial charge in [-0.25, -0.2) is 4.39 Å². The number of hydrogen-bond donors (Lipinski definition) is 1. The number of pyridine rings is 2. The van der Waals surface area contributed by atoms with E-state index in [1.54, 1.807) is 6.07 Å². The lowest BCUT2D eigenvalue weighted by atomic mass is 10.2. The number of aromatic nitrogens is 2. The molecule has 1 unspecified atom stereocenters. The van der Waals surface area contributed by atoms with Crippen molar-refractivity contribution in [1.29, 1.82) is 0 Å². The van der Waals surface area contributed by atoms with Crippen molar-refractivity contribution in [2.24, 2.45) is 0 Å². The van der Waals surface area contributed by atoms with Crippen molar-refractivity contribution < 1.29 is 17.6 Å². The maximum absolute atomic E-state index is 12.8. The van der Waals surface area contributed by atoms with Gasteiger partial charge in [-0.15, -0.1) is 0 Å². The topological polar surface area (TPSA) is 37.8 Å². The molecule has 0 aromatic carbocycles. The Labute approximate surface area is 119 Å². The van der Waals surface area contributed by atoms with Crippen LogP contribution in [0.15, 0.2) is 36.7 Å². The highest BCUT2D eigenvalue weighted by Gasteiger charge is 2.30. The van der Waals surface area contributed by atoms with Gasteiger partial charge >= 0.3 is 6.18 Å². The summed E-state index contributed by atoms with van der Waals surface area (Å²) in [4.78, 5) is 7.69. The zero-order valence-corrected chi connectivity index (χ0v) is 11.2. The smallest absolute Gasteiger partial charge is 0.303 e. The molecule has 0 fully saturated rings. The van der Waals surface area contributed by atoms with E-state index >= 15 is 0 Å². The first kappa shape index (κ1) is 15.4. The molecule has 0 aliphatic rings. The first-order valence-electron chi connectivity index (χ1n) is 6.23. The van der Waals surface area contributed by atoms with Gasteiger partial charge in [0, 0.05) is 18.8 Å². The van der Waals surface area contributed by atoms with Gasteiger partial charge in [-0.2, -0.15) is 13.2 Å². The Morgan fingerprint density at radius 2 is 1.86 bits per heavy atom. The van der Waals surface area contributed by atoms with Crippen LogP contribution in [0.3, 0.4) is 0 Å². The Balaban J connectivity index is 1.95. The van der Waals surface area contributed by atoms with E-state index in [1.807, 2.05) is 6.92 Å². The first-order valence-corrected chi connectivity index (χ1v) is 6.23. The predicted octanol–water partition coefficient (Wildman–Crippen LogP) is 3.49. The fourth-order valence-electron chi connectivity index (χ4n) is 1.70. The quantitative estimate of drug-likeness (QED) is 0.878. The van der Waals surface area contributed by atoms with Gasteiger partial charge < -0.3 is 5.32 Å². The minimum atomic E-state index is -4.38. The highest BCUT2D eigenvalue weighted by atomic mass is 19.4. The number of hydrogen-bond acceptors (Lipinski definition) is 3. The van der Waals surface area contributed by atoms with Gasteiger partial charge in [0.15, 0.2) is 0 Å². The Morgan fingerprint density at radius 3 is 2.38 bits per heavy atom. The molecular weight excluding hydrogens is 286 g/mol. The van der Waals surface area contributed by atoms with E-state index in [-0.39, 0.29) is 6.04 Å². The number of nitrogens with one attached hydrogen (secondary N) is 1. The molecular formula is C14H13F4N3. The van der Waals surface area contributed by atoms with Crippen LogP contribution in [0, 0.1) is 5.82 Å². The standard InChI is InChI=1S/C14H13F4N3/c1-9(13-5-3-11(15)7-21-13)19-8-12-4-2-10(6-20-12)14(16,17)18/h2-7,9,19H,8H2,1H3. The van der Waals surface area contributed by atoms with Crippen molar-refractivity contribution in [2.75, 3.05) is 0 Å². The molecule has 2 aromatic rings. The molecule has 2 aromatic heterocycles. The van der Waals surface area contributed by atoms with Crippen LogP contribution in [-0.2, 0) is 12.7 Å². The van der Waals surface area contributed by atoms with Crippen LogP contribution in [0.5, 0.6) is 0 Å². The van der Waals surface area contributed by atoms with E-state index in [4.69, 9.17) is 0 Å². The van der Waals surface area contributed by atoms with E-state index in [0.717, 1.165) is 18.5 Å². The lowest BCUT2D eigenvalue weighted by Gasteiger charge is -2.13. The molecule has 3 nitrogen and oxygen atoms in total. The molecule has 112 valence electrons. The molecule has 0 saturated carbocycles. The van der Waals surface area contributed by atoms with Crippen LogP contribution in [-0.4, -0.2) is 9.97 Å². The van der Waals surface area contributed by atoms with E-state index < -0.39 is 17.6 Å². The fraction of sp³-hybridized carbons (Fsp3) is 0.286. The molecule has 0 radical (unpaired) electrons. The average molecular weight is 299 g/mol. The molecule has 1 N–H and O–H groups in total. The van der Waals surface area contributed by atoms with E-state index in [1.165, 1.54) is 12.1 Å². The second-order valence-electron chi connectivity index (χ2n) is 4.54. The van der Waals surface area contributed by atoms with Crippen LogP contribution in [0.25, 0.3) is 0 Å². The average Bonchev–Trinajstić information content (AvgIpc) is 2.45. The zero-order chi connectivity index (χ0) is 15.5. The summed E-state index contributed by atoms with van der Waals surface area (Å²) in [5.74, 6) is -0.421. The van der Waals surface area contributed by atoms with Gasteiger partial charge in [0.2, 0.25) is 0 Å². The molecule has 2 heterocycles. The van der Waals surface area contributed by atoms with Crippen LogP contribution in [0.4, 0.5) is 17.6 Å². The van der Waals surface area contributed by atoms with Crippen LogP contribution < -0.4 is 5.32 Å². The van der Waals surface area contributed by atoms with Gasteiger partial charge in [-0.3, -0.25) is 9.97 Å². The van der Waals surface area contributed by atoms with E-state index in [2.05, 4.69) is 15.3 Å². The summed E-state index contributed by atoms with van der Waals surface area (Å²) >= 11 is 0. The molecule has 0 saturated heterocycles. The lowest BCUT2D eigenvalue weighted by Crippen LogP contribution is -2.20. The summed E-state index contributed by atoms with van der Waals surface area (Å²) in [6.07, 6.45) is -2.47. The summed E-state index contributed by atoms with van der Waals surface area (Å²) in [7, 11) is 0. The molecule has 0 aliphatic heterocycles. The molecule has 7 heteroatoms. The number of rotatable bonds is 4. The van der Waals surface area contributed by atoms with Crippen molar-refractivity contribution in [3.8, 4) is 0 Å². The third-order valence-electron chi connectivity index (χ3n) is 2.94. The maximum atomic E-state index is 12.8. The van der Waals surface area contributed by atoms with Crippen LogP contribution in [0.2, 0.25) is 0 Å². The van der Waals surface area contributed by atoms with Crippen LogP contribution in [0.1, 0.15) is 29.9 Å². The Kier molecular flexibility index (Phi) is 4.52. The van der Waals surface area contributed by atoms with Crippen molar-refractivity contribution in [3.05, 3.63) is 59.4 Å². The molecule has 1 atom stereocenters. The summed E-state index contributed by atoms with van der Waals surface area (Å²) < 4.78 is 49.9. The Hall–Kier alpha value is -2.02. The van der Waals surface area contributed by atoms with Gasteiger partial charge in [-0.05, 0) is 31.2 Å². The Morgan fingerprint density at radius 1 is 1.10 bits per heavy atom. The lowest BCUT2D eigenvalue weighted by molar-refractivity contribution is -0.137. The summed E-state index contributed by atoms with van der Waals surface area (Å²) in [5.41, 5.74) is 0.347. The highest BCUT2D eigenvalue weighted by molar-refractivity contribution is 5.17. The molecule has 0 spiro atoms. The normalized spacial score (nSPS) is 13.2. The second kappa shape index (κ2) is 6.17. The largest absolute Gasteiger partial charge is 0.417 e. The predicted molar refractivity (Wildman–Crippen MR) is 68.7 cm³/mol. The van der Waals surface area contributed by atoms with E-state index in [0.29, 0.717) is 17.9 Å². The summed E-state index contributed by atoms with van der Waals surface area (Å²) in [6.45, 7) is 2.11. The third kappa shape index (κ3) is 4.22. The number of nitrogens with zero attached hydrogens (tertiary/aromatic N) is 2. The molecule has 21 heavy (non-hydrogen) atoms. The van der Waals surface area contributed by atoms with Gasteiger partial charge in [-0.1, -0.05) is 0 Å². The highest BCUT2D eigenvalue weighted by Crippen LogP contribution is 2.28. The molecule has 0 bridgehead atoms. The maximum Gasteiger partial charge on any atom is 0.417 e. The van der Waals surface area contributed by atoms with Gasteiger partial charge in [0.05, 0.1) is 23.1 Å². The first-order chi connectivity index (χ1) is 9.86. The number of halogens is 4. The molecule has 0 amide bonds. The van der Waals surface area contributed by atoms with Crippen molar-refractivity contribution in [3.63, 3.8) is 0 Å². The van der Waals surface area contributed by atoms with Crippen LogP contribution >= 0.6 is 0 Å². The van der Waals surface area contributed by atoms with Crippen molar-refractivity contribution >= 4 is 0 Å². The van der Waals surface area contributed by atoms with Gasteiger partial charge in [0.25, 0.3) is 0 Å². The molecule has 2 rings (SSSR count). The minimum absolute atomic E-state index is 0.172. The minimum Gasteiger partial charge on any atom is -0.303 e. The van der Waals surface area contributed by atoms with E-state index in [9.17, 15) is 17.6 Å². The third-order valence-corrected chi connectivity index (χ3v) is 2.94. The number of alkyl halides is 3. The zero-order valence-electron chi connectivity index (χ0n) is 11.2. The molecule has 0 aliphatic carbocycles. The second-order valence-corrected chi connectivity index (χ2v) is 4.54.